The van der Waals surface area contributed by atoms with Crippen LogP contribution in [0.2, 0.25) is 0 Å². The van der Waals surface area contributed by atoms with Gasteiger partial charge in [0.05, 0.1) is 3.79 Å². The summed E-state index contributed by atoms with van der Waals surface area (Å²) in [6.45, 7) is 4.18. The molecule has 0 unspecified atom stereocenters. The summed E-state index contributed by atoms with van der Waals surface area (Å²) in [4.78, 5) is 0. The van der Waals surface area contributed by atoms with Crippen molar-refractivity contribution in [2.24, 2.45) is 0 Å². The second-order valence-electron chi connectivity index (χ2n) is 2.11. The highest BCUT2D eigenvalue weighted by Gasteiger charge is 1.96. The van der Waals surface area contributed by atoms with Gasteiger partial charge >= 0.3 is 0 Å². The number of thiophene rings is 1. The van der Waals surface area contributed by atoms with Gasteiger partial charge in [-0.2, -0.15) is 0 Å². The maximum absolute atomic E-state index is 3.42. The van der Waals surface area contributed by atoms with Crippen LogP contribution in [0, 0.1) is 0 Å². The minimum absolute atomic E-state index is 1.20. The molecule has 0 fully saturated rings. The molecule has 0 nitrogen and oxygen atoms in total. The molecule has 0 aliphatic heterocycles. The van der Waals surface area contributed by atoms with Gasteiger partial charge in [0.25, 0.3) is 0 Å². The van der Waals surface area contributed by atoms with Gasteiger partial charge in [0.1, 0.15) is 0 Å². The molecule has 0 atom stereocenters. The highest BCUT2D eigenvalue weighted by Crippen LogP contribution is 2.25. The fourth-order valence-electron chi connectivity index (χ4n) is 0.684. The maximum Gasteiger partial charge on any atom is 0.0704 e. The van der Waals surface area contributed by atoms with Crippen molar-refractivity contribution >= 4 is 32.8 Å². The van der Waals surface area contributed by atoms with Gasteiger partial charge in [0, 0.05) is 0 Å². The molecule has 1 aromatic rings. The lowest BCUT2D eigenvalue weighted by molar-refractivity contribution is 1.60. The molecule has 54 valence electrons. The van der Waals surface area contributed by atoms with E-state index in [1.54, 1.807) is 11.3 Å². The Bertz CT molecular complexity index is 248. The van der Waals surface area contributed by atoms with Gasteiger partial charge in [-0.1, -0.05) is 6.08 Å². The number of hydrogen-bond donors (Lipinski definition) is 0. The molecular weight excluding hydrogens is 208 g/mol. The average molecular weight is 217 g/mol. The molecule has 10 heavy (non-hydrogen) atoms. The molecule has 1 rings (SSSR count). The quantitative estimate of drug-likeness (QED) is 0.668. The minimum Gasteiger partial charge on any atom is -0.136 e. The fraction of sp³-hybridized carbons (Fsp3) is 0.250. The molecular formula is C8H9BrS. The number of rotatable bonds is 1. The van der Waals surface area contributed by atoms with Crippen LogP contribution in [0.5, 0.6) is 0 Å². The van der Waals surface area contributed by atoms with Crippen molar-refractivity contribution in [3.63, 3.8) is 0 Å². The van der Waals surface area contributed by atoms with Gasteiger partial charge < -0.3 is 0 Å². The molecule has 0 radical (unpaired) electrons. The van der Waals surface area contributed by atoms with Crippen LogP contribution in [-0.4, -0.2) is 0 Å². The minimum atomic E-state index is 1.20. The first kappa shape index (κ1) is 8.02. The summed E-state index contributed by atoms with van der Waals surface area (Å²) in [5.74, 6) is 0. The number of halogens is 1. The molecule has 1 heterocycles. The summed E-state index contributed by atoms with van der Waals surface area (Å²) in [5, 5.41) is 2.15. The largest absolute Gasteiger partial charge is 0.136 e. The van der Waals surface area contributed by atoms with Crippen molar-refractivity contribution in [1.29, 1.82) is 0 Å². The van der Waals surface area contributed by atoms with Crippen LogP contribution in [0.1, 0.15) is 19.4 Å². The summed E-state index contributed by atoms with van der Waals surface area (Å²) in [6, 6.07) is 2.14. The zero-order chi connectivity index (χ0) is 7.56. The SMILES string of the molecule is C/C=C(\C)c1csc(Br)c1. The van der Waals surface area contributed by atoms with E-state index in [0.717, 1.165) is 0 Å². The third-order valence-corrected chi connectivity index (χ3v) is 2.96. The van der Waals surface area contributed by atoms with E-state index in [-0.39, 0.29) is 0 Å². The van der Waals surface area contributed by atoms with E-state index in [0.29, 0.717) is 0 Å². The van der Waals surface area contributed by atoms with Gasteiger partial charge in [-0.05, 0) is 52.4 Å². The monoisotopic (exact) mass is 216 g/mol. The smallest absolute Gasteiger partial charge is 0.0704 e. The van der Waals surface area contributed by atoms with Crippen molar-refractivity contribution in [3.05, 3.63) is 26.9 Å². The molecule has 0 saturated heterocycles. The zero-order valence-electron chi connectivity index (χ0n) is 6.02. The average Bonchev–Trinajstić information content (AvgIpc) is 2.34. The predicted molar refractivity (Wildman–Crippen MR) is 51.3 cm³/mol. The Balaban J connectivity index is 2.95. The van der Waals surface area contributed by atoms with Crippen LogP contribution in [0.15, 0.2) is 21.3 Å². The van der Waals surface area contributed by atoms with E-state index in [1.807, 2.05) is 0 Å². The lowest BCUT2D eigenvalue weighted by atomic mass is 10.2. The normalized spacial score (nSPS) is 12.1. The van der Waals surface area contributed by atoms with Crippen LogP contribution in [0.4, 0.5) is 0 Å². The highest BCUT2D eigenvalue weighted by molar-refractivity contribution is 9.11. The third kappa shape index (κ3) is 1.70. The van der Waals surface area contributed by atoms with Crippen molar-refractivity contribution in [1.82, 2.24) is 0 Å². The standard InChI is InChI=1S/C8H9BrS/c1-3-6(2)7-4-8(9)10-5-7/h3-5H,1-2H3/b6-3+. The Kier molecular flexibility index (Phi) is 2.69. The van der Waals surface area contributed by atoms with Crippen LogP contribution in [0.25, 0.3) is 5.57 Å². The summed E-state index contributed by atoms with van der Waals surface area (Å²) in [7, 11) is 0. The van der Waals surface area contributed by atoms with Crippen molar-refractivity contribution in [3.8, 4) is 0 Å². The van der Waals surface area contributed by atoms with E-state index < -0.39 is 0 Å². The van der Waals surface area contributed by atoms with Gasteiger partial charge in [-0.15, -0.1) is 11.3 Å². The molecule has 0 amide bonds. The van der Waals surface area contributed by atoms with E-state index in [2.05, 4.69) is 47.3 Å². The molecule has 0 N–H and O–H groups in total. The molecule has 0 spiro atoms. The van der Waals surface area contributed by atoms with Gasteiger partial charge in [0.15, 0.2) is 0 Å². The molecule has 1 aromatic heterocycles. The van der Waals surface area contributed by atoms with Crippen LogP contribution in [0.3, 0.4) is 0 Å². The Morgan fingerprint density at radius 2 is 2.40 bits per heavy atom. The van der Waals surface area contributed by atoms with E-state index in [9.17, 15) is 0 Å². The van der Waals surface area contributed by atoms with Crippen molar-refractivity contribution in [2.75, 3.05) is 0 Å². The molecule has 0 aliphatic rings. The highest BCUT2D eigenvalue weighted by atomic mass is 79.9. The zero-order valence-corrected chi connectivity index (χ0v) is 8.42. The number of allylic oxidation sites excluding steroid dienone is 2. The number of hydrogen-bond acceptors (Lipinski definition) is 1. The molecule has 0 aliphatic carbocycles. The second-order valence-corrected chi connectivity index (χ2v) is 4.40. The predicted octanol–water partition coefficient (Wildman–Crippen LogP) is 3.93. The molecule has 0 bridgehead atoms. The Labute approximate surface area is 73.7 Å². The first-order chi connectivity index (χ1) is 4.74. The van der Waals surface area contributed by atoms with E-state index in [1.165, 1.54) is 14.9 Å². The Hall–Kier alpha value is -0.0800. The lowest BCUT2D eigenvalue weighted by Crippen LogP contribution is -1.69. The fourth-order valence-corrected chi connectivity index (χ4v) is 1.90. The first-order valence-corrected chi connectivity index (χ1v) is 4.78. The summed E-state index contributed by atoms with van der Waals surface area (Å²) < 4.78 is 1.20. The Morgan fingerprint density at radius 3 is 2.80 bits per heavy atom. The lowest BCUT2D eigenvalue weighted by Gasteiger charge is -1.91. The summed E-state index contributed by atoms with van der Waals surface area (Å²) in [5.41, 5.74) is 2.65. The first-order valence-electron chi connectivity index (χ1n) is 3.11. The van der Waals surface area contributed by atoms with E-state index >= 15 is 0 Å². The van der Waals surface area contributed by atoms with Crippen LogP contribution >= 0.6 is 27.3 Å². The molecule has 0 aromatic carbocycles. The van der Waals surface area contributed by atoms with E-state index in [4.69, 9.17) is 0 Å². The van der Waals surface area contributed by atoms with Gasteiger partial charge in [-0.3, -0.25) is 0 Å². The Morgan fingerprint density at radius 1 is 1.70 bits per heavy atom. The van der Waals surface area contributed by atoms with Crippen LogP contribution < -0.4 is 0 Å². The third-order valence-electron chi connectivity index (χ3n) is 1.46. The summed E-state index contributed by atoms with van der Waals surface area (Å²) >= 11 is 5.14. The van der Waals surface area contributed by atoms with Crippen LogP contribution in [-0.2, 0) is 0 Å². The second kappa shape index (κ2) is 3.35. The van der Waals surface area contributed by atoms with Crippen molar-refractivity contribution < 1.29 is 0 Å². The summed E-state index contributed by atoms with van der Waals surface area (Å²) in [6.07, 6.45) is 2.12. The topological polar surface area (TPSA) is 0 Å². The van der Waals surface area contributed by atoms with Gasteiger partial charge in [-0.25, -0.2) is 0 Å². The maximum atomic E-state index is 3.42. The van der Waals surface area contributed by atoms with Crippen molar-refractivity contribution in [2.45, 2.75) is 13.8 Å². The molecule has 2 heteroatoms. The van der Waals surface area contributed by atoms with Gasteiger partial charge in [0.2, 0.25) is 0 Å². The molecule has 0 saturated carbocycles.